The number of nitrogens with zero attached hydrogens (tertiary/aromatic N) is 3. The van der Waals surface area contributed by atoms with Crippen molar-refractivity contribution in [3.8, 4) is 5.75 Å². The van der Waals surface area contributed by atoms with Gasteiger partial charge >= 0.3 is 5.97 Å². The van der Waals surface area contributed by atoms with Gasteiger partial charge in [0.05, 0.1) is 6.04 Å². The number of amides is 2. The summed E-state index contributed by atoms with van der Waals surface area (Å²) in [5.74, 6) is -1.80. The third-order valence-corrected chi connectivity index (χ3v) is 6.34. The molecule has 0 saturated heterocycles. The molecule has 0 radical (unpaired) electrons. The average molecular weight is 528 g/mol. The van der Waals surface area contributed by atoms with Gasteiger partial charge in [-0.25, -0.2) is 4.98 Å². The minimum atomic E-state index is -0.737. The zero-order valence-corrected chi connectivity index (χ0v) is 22.5. The van der Waals surface area contributed by atoms with Crippen molar-refractivity contribution < 1.29 is 24.2 Å². The molecular weight excluding hydrogens is 490 g/mol. The van der Waals surface area contributed by atoms with Crippen molar-refractivity contribution in [2.45, 2.75) is 84.0 Å². The van der Waals surface area contributed by atoms with Crippen LogP contribution in [0.3, 0.4) is 0 Å². The molecule has 2 heterocycles. The number of nitrogen functional groups attached to an aromatic ring is 1. The molecule has 1 aromatic carbocycles. The predicted octanol–water partition coefficient (Wildman–Crippen LogP) is 2.66. The Kier molecular flexibility index (Phi) is 9.13. The van der Waals surface area contributed by atoms with Crippen molar-refractivity contribution >= 4 is 23.5 Å². The van der Waals surface area contributed by atoms with E-state index in [2.05, 4.69) is 10.3 Å². The van der Waals surface area contributed by atoms with Crippen LogP contribution in [0.2, 0.25) is 0 Å². The van der Waals surface area contributed by atoms with Gasteiger partial charge in [-0.15, -0.1) is 0 Å². The predicted molar refractivity (Wildman–Crippen MR) is 141 cm³/mol. The first-order valence-corrected chi connectivity index (χ1v) is 12.8. The third kappa shape index (κ3) is 7.11. The monoisotopic (exact) mass is 527 g/mol. The number of nitrogens with one attached hydrogen (secondary N) is 1. The summed E-state index contributed by atoms with van der Waals surface area (Å²) in [6, 6.07) is 6.45. The van der Waals surface area contributed by atoms with E-state index in [0.717, 1.165) is 6.42 Å². The number of aromatic hydroxyl groups is 1. The highest BCUT2D eigenvalue weighted by atomic mass is 16.6. The first-order chi connectivity index (χ1) is 17.9. The lowest BCUT2D eigenvalue weighted by atomic mass is 10.1. The summed E-state index contributed by atoms with van der Waals surface area (Å²) in [4.78, 5) is 56.9. The zero-order valence-electron chi connectivity index (χ0n) is 22.5. The lowest BCUT2D eigenvalue weighted by Crippen LogP contribution is -2.37. The van der Waals surface area contributed by atoms with Gasteiger partial charge in [0.15, 0.2) is 5.69 Å². The van der Waals surface area contributed by atoms with Gasteiger partial charge in [0.2, 0.25) is 11.7 Å². The van der Waals surface area contributed by atoms with Crippen LogP contribution in [0.15, 0.2) is 29.1 Å². The highest BCUT2D eigenvalue weighted by Crippen LogP contribution is 2.29. The fourth-order valence-electron chi connectivity index (χ4n) is 4.37. The molecule has 0 fully saturated rings. The summed E-state index contributed by atoms with van der Waals surface area (Å²) in [5, 5.41) is 13.2. The van der Waals surface area contributed by atoms with Gasteiger partial charge in [-0.1, -0.05) is 18.2 Å². The molecule has 11 nitrogen and oxygen atoms in total. The molecule has 1 aliphatic heterocycles. The van der Waals surface area contributed by atoms with Gasteiger partial charge in [-0.05, 0) is 58.1 Å². The topological polar surface area (TPSA) is 157 Å². The Bertz CT molecular complexity index is 1250. The van der Waals surface area contributed by atoms with Gasteiger partial charge in [0.1, 0.15) is 11.4 Å². The van der Waals surface area contributed by atoms with Gasteiger partial charge < -0.3 is 25.8 Å². The number of anilines is 1. The van der Waals surface area contributed by atoms with Crippen LogP contribution in [0, 0.1) is 0 Å². The fourth-order valence-corrected chi connectivity index (χ4v) is 4.37. The Morgan fingerprint density at radius 3 is 2.61 bits per heavy atom. The van der Waals surface area contributed by atoms with Crippen molar-refractivity contribution in [3.63, 3.8) is 0 Å². The van der Waals surface area contributed by atoms with E-state index >= 15 is 0 Å². The minimum absolute atomic E-state index is 0.0878. The molecule has 2 aromatic rings. The van der Waals surface area contributed by atoms with E-state index in [1.165, 1.54) is 9.47 Å². The molecule has 0 aliphatic carbocycles. The summed E-state index contributed by atoms with van der Waals surface area (Å²) in [7, 11) is 1.62. The molecule has 1 unspecified atom stereocenters. The molecule has 206 valence electrons. The third-order valence-electron chi connectivity index (χ3n) is 6.34. The Morgan fingerprint density at radius 1 is 1.21 bits per heavy atom. The van der Waals surface area contributed by atoms with Crippen LogP contribution in [0.25, 0.3) is 0 Å². The molecule has 1 aliphatic rings. The first kappa shape index (κ1) is 28.7. The Hall–Kier alpha value is -3.89. The van der Waals surface area contributed by atoms with E-state index in [1.807, 2.05) is 0 Å². The smallest absolute Gasteiger partial charge is 0.306 e. The lowest BCUT2D eigenvalue weighted by molar-refractivity contribution is -0.155. The number of nitrogens with two attached hydrogens (primary N) is 1. The summed E-state index contributed by atoms with van der Waals surface area (Å²) in [6.07, 6.45) is 2.45. The molecule has 0 bridgehead atoms. The normalized spacial score (nSPS) is 15.2. The number of para-hydroxylation sites is 1. The van der Waals surface area contributed by atoms with Crippen molar-refractivity contribution in [1.29, 1.82) is 0 Å². The summed E-state index contributed by atoms with van der Waals surface area (Å²) in [6.45, 7) is 5.75. The molecule has 2 amide bonds. The largest absolute Gasteiger partial charge is 0.501 e. The summed E-state index contributed by atoms with van der Waals surface area (Å²) >= 11 is 0. The lowest BCUT2D eigenvalue weighted by Gasteiger charge is -2.28. The summed E-state index contributed by atoms with van der Waals surface area (Å²) in [5.41, 5.74) is 5.40. The maximum atomic E-state index is 13.0. The zero-order chi connectivity index (χ0) is 28.0. The van der Waals surface area contributed by atoms with E-state index in [4.69, 9.17) is 10.5 Å². The maximum Gasteiger partial charge on any atom is 0.306 e. The standard InChI is InChI=1S/C27H37N5O6/c1-27(2,3)38-21(34)14-9-13-20(33)31(4)19-12-7-8-15-32-24(19)30-22(23(35)26(32)37)25(36)29-16-17-10-5-6-11-18(17)28/h5-6,10-11,19,35H,7-9,12-16,28H2,1-4H3,(H,29,36). The molecule has 1 atom stereocenters. The second kappa shape index (κ2) is 12.1. The second-order valence-corrected chi connectivity index (χ2v) is 10.5. The number of hydrogen-bond donors (Lipinski definition) is 3. The van der Waals surface area contributed by atoms with Crippen molar-refractivity contribution in [2.75, 3.05) is 12.8 Å². The molecule has 38 heavy (non-hydrogen) atoms. The van der Waals surface area contributed by atoms with Gasteiger partial charge in [-0.3, -0.25) is 23.7 Å². The van der Waals surface area contributed by atoms with E-state index in [0.29, 0.717) is 37.1 Å². The van der Waals surface area contributed by atoms with Crippen LogP contribution < -0.4 is 16.6 Å². The molecule has 3 rings (SSSR count). The van der Waals surface area contributed by atoms with Crippen molar-refractivity contribution in [2.24, 2.45) is 0 Å². The molecular formula is C27H37N5O6. The minimum Gasteiger partial charge on any atom is -0.501 e. The fraction of sp³-hybridized carbons (Fsp3) is 0.519. The van der Waals surface area contributed by atoms with Crippen molar-refractivity contribution in [1.82, 2.24) is 19.8 Å². The summed E-state index contributed by atoms with van der Waals surface area (Å²) < 4.78 is 6.63. The molecule has 0 spiro atoms. The van der Waals surface area contributed by atoms with E-state index in [1.54, 1.807) is 52.1 Å². The second-order valence-electron chi connectivity index (χ2n) is 10.5. The first-order valence-electron chi connectivity index (χ1n) is 12.8. The highest BCUT2D eigenvalue weighted by Gasteiger charge is 2.31. The molecule has 0 saturated carbocycles. The van der Waals surface area contributed by atoms with Gasteiger partial charge in [-0.2, -0.15) is 0 Å². The number of aromatic nitrogens is 2. The van der Waals surface area contributed by atoms with Gasteiger partial charge in [0.25, 0.3) is 11.5 Å². The van der Waals surface area contributed by atoms with Crippen LogP contribution in [0.4, 0.5) is 5.69 Å². The number of benzene rings is 1. The van der Waals surface area contributed by atoms with E-state index < -0.39 is 34.6 Å². The molecule has 11 heteroatoms. The number of fused-ring (bicyclic) bond motifs is 1. The van der Waals surface area contributed by atoms with Crippen LogP contribution in [0.5, 0.6) is 5.75 Å². The maximum absolute atomic E-state index is 13.0. The molecule has 4 N–H and O–H groups in total. The Balaban J connectivity index is 1.78. The average Bonchev–Trinajstić information content (AvgIpc) is 3.06. The number of rotatable bonds is 8. The SMILES string of the molecule is CN(C(=O)CCCC(=O)OC(C)(C)C)C1CCCCn2c1nc(C(=O)NCc1ccccc1N)c(O)c2=O. The van der Waals surface area contributed by atoms with Crippen LogP contribution in [-0.4, -0.2) is 50.0 Å². The Morgan fingerprint density at radius 2 is 1.92 bits per heavy atom. The number of ether oxygens (including phenoxy) is 1. The van der Waals surface area contributed by atoms with E-state index in [-0.39, 0.29) is 37.1 Å². The van der Waals surface area contributed by atoms with Gasteiger partial charge in [0, 0.05) is 38.7 Å². The Labute approximate surface area is 222 Å². The number of hydrogen-bond acceptors (Lipinski definition) is 8. The van der Waals surface area contributed by atoms with Crippen LogP contribution >= 0.6 is 0 Å². The van der Waals surface area contributed by atoms with Crippen LogP contribution in [-0.2, 0) is 27.4 Å². The van der Waals surface area contributed by atoms with Crippen molar-refractivity contribution in [3.05, 3.63) is 51.7 Å². The quantitative estimate of drug-likeness (QED) is 0.349. The number of esters is 1. The van der Waals surface area contributed by atoms with Crippen LogP contribution in [0.1, 0.15) is 87.2 Å². The number of carbonyl (C=O) groups is 3. The number of carbonyl (C=O) groups excluding carboxylic acids is 3. The highest BCUT2D eigenvalue weighted by molar-refractivity contribution is 5.94. The molecule has 1 aromatic heterocycles. The van der Waals surface area contributed by atoms with E-state index in [9.17, 15) is 24.3 Å².